The second-order valence-electron chi connectivity index (χ2n) is 7.58. The molecule has 5 nitrogen and oxygen atoms in total. The van der Waals surface area contributed by atoms with Crippen molar-refractivity contribution in [2.75, 3.05) is 0 Å². The topological polar surface area (TPSA) is 59.3 Å². The summed E-state index contributed by atoms with van der Waals surface area (Å²) >= 11 is 0. The van der Waals surface area contributed by atoms with E-state index in [1.54, 1.807) is 30.3 Å². The first-order valence-electron chi connectivity index (χ1n) is 10.2. The Morgan fingerprint density at radius 1 is 1.06 bits per heavy atom. The van der Waals surface area contributed by atoms with Crippen LogP contribution in [0, 0.1) is 0 Å². The summed E-state index contributed by atoms with van der Waals surface area (Å²) in [6.07, 6.45) is -2.07. The van der Waals surface area contributed by atoms with Gasteiger partial charge < -0.3 is 5.32 Å². The van der Waals surface area contributed by atoms with Crippen LogP contribution in [0.15, 0.2) is 72.9 Å². The lowest BCUT2D eigenvalue weighted by molar-refractivity contribution is -0.142. The predicted octanol–water partition coefficient (Wildman–Crippen LogP) is 5.17. The first kappa shape index (κ1) is 21.5. The van der Waals surface area contributed by atoms with E-state index in [0.29, 0.717) is 16.5 Å². The fraction of sp³-hybridized carbons (Fsp3) is 0.208. The molecule has 0 aliphatic rings. The fourth-order valence-corrected chi connectivity index (χ4v) is 3.48. The molecule has 1 N–H and O–H groups in total. The molecule has 4 aromatic rings. The zero-order valence-corrected chi connectivity index (χ0v) is 17.3. The molecule has 164 valence electrons. The molecule has 2 aromatic heterocycles. The van der Waals surface area contributed by atoms with Crippen LogP contribution in [0.25, 0.3) is 16.9 Å². The fourth-order valence-electron chi connectivity index (χ4n) is 3.48. The molecule has 0 unspecified atom stereocenters. The van der Waals surface area contributed by atoms with Crippen molar-refractivity contribution in [3.8, 4) is 11.3 Å². The number of hydrogen-bond acceptors (Lipinski definition) is 3. The van der Waals surface area contributed by atoms with Gasteiger partial charge in [0, 0.05) is 11.6 Å². The molecule has 1 amide bonds. The molecule has 0 bridgehead atoms. The monoisotopic (exact) mass is 438 g/mol. The first-order valence-corrected chi connectivity index (χ1v) is 10.2. The van der Waals surface area contributed by atoms with Gasteiger partial charge in [0.25, 0.3) is 5.91 Å². The Bertz CT molecular complexity index is 1220. The highest BCUT2D eigenvalue weighted by atomic mass is 19.4. The van der Waals surface area contributed by atoms with Gasteiger partial charge in [0.1, 0.15) is 5.56 Å². The van der Waals surface area contributed by atoms with Crippen LogP contribution < -0.4 is 5.32 Å². The van der Waals surface area contributed by atoms with E-state index in [1.807, 2.05) is 37.3 Å². The van der Waals surface area contributed by atoms with Crippen LogP contribution in [0.1, 0.15) is 35.0 Å². The van der Waals surface area contributed by atoms with Crippen LogP contribution in [0.4, 0.5) is 13.2 Å². The third-order valence-electron chi connectivity index (χ3n) is 5.16. The van der Waals surface area contributed by atoms with Crippen molar-refractivity contribution in [1.29, 1.82) is 0 Å². The number of hydrogen-bond donors (Lipinski definition) is 1. The third kappa shape index (κ3) is 4.64. The number of amides is 1. The second-order valence-corrected chi connectivity index (χ2v) is 7.58. The Hall–Kier alpha value is -3.68. The van der Waals surface area contributed by atoms with E-state index in [9.17, 15) is 18.0 Å². The molecule has 4 rings (SSSR count). The number of fused-ring (bicyclic) bond motifs is 1. The zero-order valence-electron chi connectivity index (χ0n) is 17.3. The Balaban J connectivity index is 1.63. The van der Waals surface area contributed by atoms with Gasteiger partial charge in [0.2, 0.25) is 0 Å². The van der Waals surface area contributed by atoms with Gasteiger partial charge >= 0.3 is 6.18 Å². The highest BCUT2D eigenvalue weighted by molar-refractivity contribution is 6.00. The molecule has 0 fully saturated rings. The third-order valence-corrected chi connectivity index (χ3v) is 5.16. The number of carbonyl (C=O) groups is 1. The highest BCUT2D eigenvalue weighted by Crippen LogP contribution is 2.32. The van der Waals surface area contributed by atoms with Gasteiger partial charge in [-0.15, -0.1) is 0 Å². The first-order chi connectivity index (χ1) is 15.3. The summed E-state index contributed by atoms with van der Waals surface area (Å²) < 4.78 is 41.8. The summed E-state index contributed by atoms with van der Waals surface area (Å²) in [5.74, 6) is -0.508. The minimum absolute atomic E-state index is 0.000146. The molecule has 0 aliphatic heterocycles. The summed E-state index contributed by atoms with van der Waals surface area (Å²) in [5, 5.41) is 6.66. The number of nitrogens with one attached hydrogen (secondary N) is 1. The van der Waals surface area contributed by atoms with E-state index in [0.717, 1.165) is 24.2 Å². The van der Waals surface area contributed by atoms with E-state index in [1.165, 1.54) is 0 Å². The quantitative estimate of drug-likeness (QED) is 0.452. The number of benzene rings is 2. The predicted molar refractivity (Wildman–Crippen MR) is 115 cm³/mol. The Labute approximate surface area is 182 Å². The van der Waals surface area contributed by atoms with Crippen molar-refractivity contribution in [2.24, 2.45) is 0 Å². The Kier molecular flexibility index (Phi) is 5.94. The lowest BCUT2D eigenvalue weighted by Crippen LogP contribution is -2.33. The smallest absolute Gasteiger partial charge is 0.349 e. The minimum atomic E-state index is -4.66. The maximum Gasteiger partial charge on any atom is 0.433 e. The van der Waals surface area contributed by atoms with Gasteiger partial charge in [-0.2, -0.15) is 18.3 Å². The van der Waals surface area contributed by atoms with Crippen LogP contribution >= 0.6 is 0 Å². The van der Waals surface area contributed by atoms with Gasteiger partial charge in [-0.05, 0) is 31.4 Å². The molecule has 0 saturated heterocycles. The summed E-state index contributed by atoms with van der Waals surface area (Å²) in [5.41, 5.74) is 0.666. The van der Waals surface area contributed by atoms with Crippen molar-refractivity contribution >= 4 is 11.6 Å². The number of rotatable bonds is 6. The van der Waals surface area contributed by atoms with E-state index < -0.39 is 17.8 Å². The lowest BCUT2D eigenvalue weighted by Gasteiger charge is -2.14. The number of aromatic nitrogens is 3. The summed E-state index contributed by atoms with van der Waals surface area (Å²) in [4.78, 5) is 17.2. The standard InChI is InChI=1S/C24H21F3N4O/c1-16(12-13-17-8-4-2-5-9-17)29-23(32)19-15-28-31-21(24(25,26)27)14-20(30-22(19)31)18-10-6-3-7-11-18/h2-11,14-16H,12-13H2,1H3,(H,29,32)/t16-/m1/s1. The molecular formula is C24H21F3N4O. The molecule has 0 radical (unpaired) electrons. The summed E-state index contributed by atoms with van der Waals surface area (Å²) in [6.45, 7) is 1.86. The SMILES string of the molecule is C[C@H](CCc1ccccc1)NC(=O)c1cnn2c(C(F)(F)F)cc(-c3ccccc3)nc12. The number of carbonyl (C=O) groups excluding carboxylic acids is 1. The van der Waals surface area contributed by atoms with E-state index in [4.69, 9.17) is 0 Å². The van der Waals surface area contributed by atoms with Crippen molar-refractivity contribution < 1.29 is 18.0 Å². The molecule has 0 saturated carbocycles. The summed E-state index contributed by atoms with van der Waals surface area (Å²) in [6, 6.07) is 19.1. The largest absolute Gasteiger partial charge is 0.433 e. The van der Waals surface area contributed by atoms with Crippen molar-refractivity contribution in [3.05, 3.63) is 89.7 Å². The normalized spacial score (nSPS) is 12.6. The molecular weight excluding hydrogens is 417 g/mol. The van der Waals surface area contributed by atoms with E-state index in [-0.39, 0.29) is 22.9 Å². The Morgan fingerprint density at radius 2 is 1.72 bits per heavy atom. The molecule has 1 atom stereocenters. The van der Waals surface area contributed by atoms with E-state index >= 15 is 0 Å². The number of alkyl halides is 3. The average molecular weight is 438 g/mol. The molecule has 2 aromatic carbocycles. The molecule has 2 heterocycles. The van der Waals surface area contributed by atoms with Crippen molar-refractivity contribution in [1.82, 2.24) is 19.9 Å². The number of aryl methyl sites for hydroxylation is 1. The number of nitrogens with zero attached hydrogens (tertiary/aromatic N) is 3. The minimum Gasteiger partial charge on any atom is -0.349 e. The maximum absolute atomic E-state index is 13.7. The van der Waals surface area contributed by atoms with Crippen molar-refractivity contribution in [3.63, 3.8) is 0 Å². The molecule has 32 heavy (non-hydrogen) atoms. The molecule has 0 aliphatic carbocycles. The lowest BCUT2D eigenvalue weighted by atomic mass is 10.1. The van der Waals surface area contributed by atoms with Crippen molar-refractivity contribution in [2.45, 2.75) is 32.0 Å². The van der Waals surface area contributed by atoms with Crippen LogP contribution in [0.2, 0.25) is 0 Å². The van der Waals surface area contributed by atoms with Gasteiger partial charge in [-0.1, -0.05) is 60.7 Å². The zero-order chi connectivity index (χ0) is 22.7. The Morgan fingerprint density at radius 3 is 2.38 bits per heavy atom. The van der Waals surface area contributed by atoms with Gasteiger partial charge in [-0.25, -0.2) is 9.50 Å². The second kappa shape index (κ2) is 8.82. The van der Waals surface area contributed by atoms with Gasteiger partial charge in [-0.3, -0.25) is 4.79 Å². The highest BCUT2D eigenvalue weighted by Gasteiger charge is 2.36. The number of halogens is 3. The maximum atomic E-state index is 13.7. The van der Waals surface area contributed by atoms with Crippen LogP contribution in [-0.2, 0) is 12.6 Å². The van der Waals surface area contributed by atoms with Gasteiger partial charge in [0.15, 0.2) is 11.3 Å². The van der Waals surface area contributed by atoms with Crippen LogP contribution in [0.5, 0.6) is 0 Å². The van der Waals surface area contributed by atoms with Crippen LogP contribution in [-0.4, -0.2) is 26.5 Å². The van der Waals surface area contributed by atoms with Crippen LogP contribution in [0.3, 0.4) is 0 Å². The summed E-state index contributed by atoms with van der Waals surface area (Å²) in [7, 11) is 0. The molecule has 0 spiro atoms. The average Bonchev–Trinajstić information content (AvgIpc) is 3.22. The molecule has 8 heteroatoms. The van der Waals surface area contributed by atoms with Gasteiger partial charge in [0.05, 0.1) is 11.9 Å². The van der Waals surface area contributed by atoms with E-state index in [2.05, 4.69) is 15.4 Å².